The van der Waals surface area contributed by atoms with Gasteiger partial charge in [-0.25, -0.2) is 0 Å². The van der Waals surface area contributed by atoms with E-state index >= 15 is 0 Å². The van der Waals surface area contributed by atoms with E-state index in [1.54, 1.807) is 0 Å². The highest BCUT2D eigenvalue weighted by Crippen LogP contribution is 2.21. The monoisotopic (exact) mass is 263 g/mol. The maximum atomic E-state index is 8.96. The molecule has 1 saturated heterocycles. The Balaban J connectivity index is 1.96. The van der Waals surface area contributed by atoms with Gasteiger partial charge in [0.05, 0.1) is 0 Å². The SMILES string of the molecule is N/C(=N/O)c1cccc(CN2CCC(CCO)C2)c1. The fourth-order valence-corrected chi connectivity index (χ4v) is 2.62. The summed E-state index contributed by atoms with van der Waals surface area (Å²) in [5.74, 6) is 0.749. The van der Waals surface area contributed by atoms with Gasteiger partial charge < -0.3 is 16.0 Å². The number of aliphatic hydroxyl groups is 1. The summed E-state index contributed by atoms with van der Waals surface area (Å²) in [6.07, 6.45) is 2.04. The minimum Gasteiger partial charge on any atom is -0.409 e. The maximum Gasteiger partial charge on any atom is 0.170 e. The Morgan fingerprint density at radius 2 is 2.32 bits per heavy atom. The molecule has 0 saturated carbocycles. The Kier molecular flexibility index (Phi) is 4.76. The predicted molar refractivity (Wildman–Crippen MR) is 74.0 cm³/mol. The fourth-order valence-electron chi connectivity index (χ4n) is 2.62. The minimum absolute atomic E-state index is 0.140. The number of hydrogen-bond donors (Lipinski definition) is 3. The summed E-state index contributed by atoms with van der Waals surface area (Å²) in [6.45, 7) is 3.25. The zero-order valence-corrected chi connectivity index (χ0v) is 11.0. The van der Waals surface area contributed by atoms with E-state index in [0.29, 0.717) is 5.92 Å². The van der Waals surface area contributed by atoms with Crippen LogP contribution in [0.4, 0.5) is 0 Å². The van der Waals surface area contributed by atoms with Crippen LogP contribution in [0.3, 0.4) is 0 Å². The van der Waals surface area contributed by atoms with Crippen LogP contribution in [0.25, 0.3) is 0 Å². The van der Waals surface area contributed by atoms with E-state index in [4.69, 9.17) is 16.0 Å². The summed E-state index contributed by atoms with van der Waals surface area (Å²) in [4.78, 5) is 2.38. The van der Waals surface area contributed by atoms with E-state index in [0.717, 1.165) is 43.6 Å². The molecule has 1 aromatic rings. The normalized spacial score (nSPS) is 20.9. The molecule has 0 aliphatic carbocycles. The highest BCUT2D eigenvalue weighted by Gasteiger charge is 2.21. The van der Waals surface area contributed by atoms with Crippen molar-refractivity contribution in [3.05, 3.63) is 35.4 Å². The first-order chi connectivity index (χ1) is 9.22. The third-order valence-corrected chi connectivity index (χ3v) is 3.64. The molecule has 0 spiro atoms. The first-order valence-corrected chi connectivity index (χ1v) is 6.63. The molecule has 104 valence electrons. The summed E-state index contributed by atoms with van der Waals surface area (Å²) in [5.41, 5.74) is 7.49. The number of rotatable bonds is 5. The van der Waals surface area contributed by atoms with Gasteiger partial charge >= 0.3 is 0 Å². The van der Waals surface area contributed by atoms with Crippen molar-refractivity contribution < 1.29 is 10.3 Å². The molecule has 1 atom stereocenters. The van der Waals surface area contributed by atoms with Crippen molar-refractivity contribution in [2.75, 3.05) is 19.7 Å². The molecule has 1 aliphatic heterocycles. The fraction of sp³-hybridized carbons (Fsp3) is 0.500. The van der Waals surface area contributed by atoms with Crippen LogP contribution >= 0.6 is 0 Å². The van der Waals surface area contributed by atoms with E-state index in [1.165, 1.54) is 0 Å². The van der Waals surface area contributed by atoms with E-state index < -0.39 is 0 Å². The largest absolute Gasteiger partial charge is 0.409 e. The van der Waals surface area contributed by atoms with Gasteiger partial charge in [-0.05, 0) is 36.9 Å². The molecule has 0 aromatic heterocycles. The summed E-state index contributed by atoms with van der Waals surface area (Å²) in [7, 11) is 0. The van der Waals surface area contributed by atoms with Crippen LogP contribution in [-0.2, 0) is 6.54 Å². The number of likely N-dealkylation sites (tertiary alicyclic amines) is 1. The third kappa shape index (κ3) is 3.68. The van der Waals surface area contributed by atoms with Crippen LogP contribution < -0.4 is 5.73 Å². The minimum atomic E-state index is 0.140. The van der Waals surface area contributed by atoms with Gasteiger partial charge in [0, 0.05) is 25.3 Å². The highest BCUT2D eigenvalue weighted by molar-refractivity contribution is 5.97. The third-order valence-electron chi connectivity index (χ3n) is 3.64. The number of oxime groups is 1. The van der Waals surface area contributed by atoms with Crippen LogP contribution in [-0.4, -0.2) is 40.7 Å². The second-order valence-electron chi connectivity index (χ2n) is 5.09. The molecular weight excluding hydrogens is 242 g/mol. The van der Waals surface area contributed by atoms with Crippen molar-refractivity contribution in [2.24, 2.45) is 16.8 Å². The Labute approximate surface area is 113 Å². The molecule has 1 aromatic carbocycles. The first kappa shape index (κ1) is 13.8. The van der Waals surface area contributed by atoms with Crippen LogP contribution in [0.15, 0.2) is 29.4 Å². The maximum absolute atomic E-state index is 8.96. The zero-order valence-electron chi connectivity index (χ0n) is 11.0. The average molecular weight is 263 g/mol. The molecule has 1 unspecified atom stereocenters. The highest BCUT2D eigenvalue weighted by atomic mass is 16.4. The predicted octanol–water partition coefficient (Wildman–Crippen LogP) is 0.985. The lowest BCUT2D eigenvalue weighted by Gasteiger charge is -2.16. The van der Waals surface area contributed by atoms with Crippen molar-refractivity contribution in [1.82, 2.24) is 4.90 Å². The van der Waals surface area contributed by atoms with Gasteiger partial charge in [0.15, 0.2) is 5.84 Å². The van der Waals surface area contributed by atoms with Gasteiger partial charge in [-0.2, -0.15) is 0 Å². The Morgan fingerprint density at radius 1 is 1.47 bits per heavy atom. The summed E-state index contributed by atoms with van der Waals surface area (Å²) in [5, 5.41) is 20.7. The number of aliphatic hydroxyl groups excluding tert-OH is 1. The van der Waals surface area contributed by atoms with E-state index in [2.05, 4.69) is 10.1 Å². The topological polar surface area (TPSA) is 82.1 Å². The van der Waals surface area contributed by atoms with Gasteiger partial charge in [0.1, 0.15) is 0 Å². The second kappa shape index (κ2) is 6.54. The molecular formula is C14H21N3O2. The number of hydrogen-bond acceptors (Lipinski definition) is 4. The molecule has 5 nitrogen and oxygen atoms in total. The van der Waals surface area contributed by atoms with Crippen LogP contribution in [0.1, 0.15) is 24.0 Å². The lowest BCUT2D eigenvalue weighted by molar-refractivity contribution is 0.249. The molecule has 1 fully saturated rings. The molecule has 2 rings (SSSR count). The van der Waals surface area contributed by atoms with Crippen LogP contribution in [0.2, 0.25) is 0 Å². The van der Waals surface area contributed by atoms with E-state index in [-0.39, 0.29) is 12.4 Å². The molecule has 0 bridgehead atoms. The molecule has 0 amide bonds. The summed E-state index contributed by atoms with van der Waals surface area (Å²) < 4.78 is 0. The lowest BCUT2D eigenvalue weighted by Crippen LogP contribution is -2.21. The number of amidine groups is 1. The quantitative estimate of drug-likeness (QED) is 0.320. The van der Waals surface area contributed by atoms with Crippen molar-refractivity contribution in [2.45, 2.75) is 19.4 Å². The Bertz CT molecular complexity index is 448. The molecule has 1 aliphatic rings. The number of nitrogens with two attached hydrogens (primary N) is 1. The molecule has 1 heterocycles. The van der Waals surface area contributed by atoms with Gasteiger partial charge in [0.25, 0.3) is 0 Å². The Hall–Kier alpha value is -1.59. The summed E-state index contributed by atoms with van der Waals surface area (Å²) in [6, 6.07) is 7.75. The van der Waals surface area contributed by atoms with Gasteiger partial charge in [-0.15, -0.1) is 0 Å². The van der Waals surface area contributed by atoms with E-state index in [9.17, 15) is 0 Å². The summed E-state index contributed by atoms with van der Waals surface area (Å²) >= 11 is 0. The van der Waals surface area contributed by atoms with Crippen molar-refractivity contribution in [3.8, 4) is 0 Å². The average Bonchev–Trinajstić information content (AvgIpc) is 2.86. The first-order valence-electron chi connectivity index (χ1n) is 6.63. The van der Waals surface area contributed by atoms with Crippen molar-refractivity contribution in [1.29, 1.82) is 0 Å². The van der Waals surface area contributed by atoms with Gasteiger partial charge in [0.2, 0.25) is 0 Å². The number of nitrogens with zero attached hydrogens (tertiary/aromatic N) is 2. The van der Waals surface area contributed by atoms with E-state index in [1.807, 2.05) is 24.3 Å². The molecule has 0 radical (unpaired) electrons. The van der Waals surface area contributed by atoms with Crippen molar-refractivity contribution >= 4 is 5.84 Å². The zero-order chi connectivity index (χ0) is 13.7. The van der Waals surface area contributed by atoms with Gasteiger partial charge in [-0.1, -0.05) is 23.4 Å². The standard InChI is InChI=1S/C14H21N3O2/c15-14(16-19)13-3-1-2-12(8-13)10-17-6-4-11(9-17)5-7-18/h1-3,8,11,18-19H,4-7,9-10H2,(H2,15,16). The number of benzene rings is 1. The smallest absolute Gasteiger partial charge is 0.170 e. The molecule has 19 heavy (non-hydrogen) atoms. The van der Waals surface area contributed by atoms with Crippen LogP contribution in [0.5, 0.6) is 0 Å². The second-order valence-corrected chi connectivity index (χ2v) is 5.09. The molecule has 4 N–H and O–H groups in total. The Morgan fingerprint density at radius 3 is 3.05 bits per heavy atom. The van der Waals surface area contributed by atoms with Gasteiger partial charge in [-0.3, -0.25) is 4.90 Å². The van der Waals surface area contributed by atoms with Crippen molar-refractivity contribution in [3.63, 3.8) is 0 Å². The van der Waals surface area contributed by atoms with Crippen LogP contribution in [0, 0.1) is 5.92 Å². The molecule has 5 heteroatoms. The lowest BCUT2D eigenvalue weighted by atomic mass is 10.1.